The van der Waals surface area contributed by atoms with Crippen molar-refractivity contribution in [1.82, 2.24) is 15.1 Å². The molecule has 25 heavy (non-hydrogen) atoms. The largest absolute Gasteiger partial charge is 0.354 e. The summed E-state index contributed by atoms with van der Waals surface area (Å²) in [5, 5.41) is 2.84. The molecule has 6 heteroatoms. The molecule has 0 unspecified atom stereocenters. The van der Waals surface area contributed by atoms with Crippen LogP contribution in [0.4, 0.5) is 0 Å². The van der Waals surface area contributed by atoms with Crippen molar-refractivity contribution in [1.29, 1.82) is 0 Å². The van der Waals surface area contributed by atoms with Gasteiger partial charge in [0.15, 0.2) is 0 Å². The highest BCUT2D eigenvalue weighted by molar-refractivity contribution is 5.86. The summed E-state index contributed by atoms with van der Waals surface area (Å²) in [6.07, 6.45) is 3.66. The number of nitrogens with zero attached hydrogens (tertiary/aromatic N) is 2. The maximum absolute atomic E-state index is 13.0. The lowest BCUT2D eigenvalue weighted by Crippen LogP contribution is -2.45. The van der Waals surface area contributed by atoms with Crippen LogP contribution in [0.1, 0.15) is 43.7 Å². The van der Waals surface area contributed by atoms with Gasteiger partial charge in [-0.05, 0) is 18.4 Å². The van der Waals surface area contributed by atoms with E-state index >= 15 is 0 Å². The number of carbonyl (C=O) groups is 3. The minimum absolute atomic E-state index is 0.0463. The van der Waals surface area contributed by atoms with Gasteiger partial charge in [0, 0.05) is 26.1 Å². The number of carbonyl (C=O) groups excluding carboxylic acids is 3. The van der Waals surface area contributed by atoms with Gasteiger partial charge in [0.2, 0.25) is 17.7 Å². The van der Waals surface area contributed by atoms with Crippen LogP contribution in [0.5, 0.6) is 0 Å². The van der Waals surface area contributed by atoms with Gasteiger partial charge >= 0.3 is 0 Å². The Kier molecular flexibility index (Phi) is 5.68. The number of hydrogen-bond donors (Lipinski definition) is 1. The molecule has 0 aromatic heterocycles. The Labute approximate surface area is 148 Å². The fourth-order valence-electron chi connectivity index (χ4n) is 3.56. The molecule has 134 valence electrons. The third-order valence-corrected chi connectivity index (χ3v) is 4.93. The van der Waals surface area contributed by atoms with Crippen molar-refractivity contribution in [3.63, 3.8) is 0 Å². The van der Waals surface area contributed by atoms with Crippen molar-refractivity contribution in [2.24, 2.45) is 0 Å². The molecule has 6 nitrogen and oxygen atoms in total. The van der Waals surface area contributed by atoms with Crippen LogP contribution in [0.2, 0.25) is 0 Å². The minimum atomic E-state index is -0.279. The first-order valence-corrected chi connectivity index (χ1v) is 9.04. The summed E-state index contributed by atoms with van der Waals surface area (Å²) in [5.41, 5.74) is 0.954. The summed E-state index contributed by atoms with van der Waals surface area (Å²) in [6, 6.07) is 9.36. The van der Waals surface area contributed by atoms with Crippen molar-refractivity contribution in [2.75, 3.05) is 26.2 Å². The summed E-state index contributed by atoms with van der Waals surface area (Å²) in [7, 11) is 0. The second kappa shape index (κ2) is 8.14. The van der Waals surface area contributed by atoms with Crippen molar-refractivity contribution in [2.45, 2.75) is 38.1 Å². The Hall–Kier alpha value is -2.37. The molecule has 0 aliphatic carbocycles. The first-order valence-electron chi connectivity index (χ1n) is 9.04. The topological polar surface area (TPSA) is 69.7 Å². The third-order valence-electron chi connectivity index (χ3n) is 4.93. The van der Waals surface area contributed by atoms with Gasteiger partial charge in [-0.2, -0.15) is 0 Å². The molecule has 2 fully saturated rings. The lowest BCUT2D eigenvalue weighted by Gasteiger charge is -2.32. The van der Waals surface area contributed by atoms with E-state index in [-0.39, 0.29) is 36.7 Å². The van der Waals surface area contributed by atoms with Gasteiger partial charge in [0.1, 0.15) is 0 Å². The number of benzene rings is 1. The molecule has 0 spiro atoms. The van der Waals surface area contributed by atoms with E-state index in [2.05, 4.69) is 5.32 Å². The Morgan fingerprint density at radius 2 is 1.88 bits per heavy atom. The van der Waals surface area contributed by atoms with E-state index in [0.717, 1.165) is 24.8 Å². The van der Waals surface area contributed by atoms with E-state index in [1.54, 1.807) is 9.80 Å². The minimum Gasteiger partial charge on any atom is -0.354 e. The summed E-state index contributed by atoms with van der Waals surface area (Å²) in [6.45, 7) is 1.66. The molecule has 3 amide bonds. The fourth-order valence-corrected chi connectivity index (χ4v) is 3.56. The Bertz CT molecular complexity index is 632. The molecule has 2 saturated heterocycles. The third kappa shape index (κ3) is 4.38. The smallest absolute Gasteiger partial charge is 0.242 e. The maximum atomic E-state index is 13.0. The highest BCUT2D eigenvalue weighted by atomic mass is 16.2. The standard InChI is InChI=1S/C19H25N3O3/c23-17-13-16(15-7-3-1-4-8-15)22(12-10-20-17)19(25)14-21-11-6-2-5-9-18(21)24/h1,3-4,7-8,16H,2,5-6,9-14H2,(H,20,23)/t16-/m0/s1. The summed E-state index contributed by atoms with van der Waals surface area (Å²) >= 11 is 0. The average molecular weight is 343 g/mol. The molecule has 1 aromatic rings. The lowest BCUT2D eigenvalue weighted by atomic mass is 10.0. The maximum Gasteiger partial charge on any atom is 0.242 e. The van der Waals surface area contributed by atoms with Gasteiger partial charge in [0.25, 0.3) is 0 Å². The van der Waals surface area contributed by atoms with E-state index in [0.29, 0.717) is 26.1 Å². The van der Waals surface area contributed by atoms with Gasteiger partial charge in [-0.25, -0.2) is 0 Å². The van der Waals surface area contributed by atoms with Gasteiger partial charge in [-0.15, -0.1) is 0 Å². The first-order chi connectivity index (χ1) is 12.1. The second-order valence-corrected chi connectivity index (χ2v) is 6.69. The zero-order valence-corrected chi connectivity index (χ0v) is 14.4. The number of amides is 3. The van der Waals surface area contributed by atoms with Crippen LogP contribution >= 0.6 is 0 Å². The van der Waals surface area contributed by atoms with E-state index in [1.807, 2.05) is 30.3 Å². The molecule has 3 rings (SSSR count). The monoisotopic (exact) mass is 343 g/mol. The fraction of sp³-hybridized carbons (Fsp3) is 0.526. The van der Waals surface area contributed by atoms with Crippen molar-refractivity contribution >= 4 is 17.7 Å². The zero-order valence-electron chi connectivity index (χ0n) is 14.4. The van der Waals surface area contributed by atoms with E-state index in [4.69, 9.17) is 0 Å². The molecule has 2 heterocycles. The zero-order chi connectivity index (χ0) is 17.6. The molecule has 1 aromatic carbocycles. The molecule has 2 aliphatic rings. The molecule has 2 aliphatic heterocycles. The molecular formula is C19H25N3O3. The van der Waals surface area contributed by atoms with E-state index in [9.17, 15) is 14.4 Å². The van der Waals surface area contributed by atoms with Crippen molar-refractivity contribution in [3.05, 3.63) is 35.9 Å². The predicted molar refractivity (Wildman–Crippen MR) is 93.6 cm³/mol. The van der Waals surface area contributed by atoms with Crippen LogP contribution in [-0.4, -0.2) is 53.7 Å². The Balaban J connectivity index is 1.77. The van der Waals surface area contributed by atoms with Gasteiger partial charge in [0.05, 0.1) is 19.0 Å². The average Bonchev–Trinajstić information content (AvgIpc) is 2.94. The highest BCUT2D eigenvalue weighted by Gasteiger charge is 2.31. The lowest BCUT2D eigenvalue weighted by molar-refractivity contribution is -0.141. The van der Waals surface area contributed by atoms with E-state index < -0.39 is 0 Å². The Morgan fingerprint density at radius 1 is 1.08 bits per heavy atom. The first kappa shape index (κ1) is 17.5. The number of rotatable bonds is 3. The van der Waals surface area contributed by atoms with E-state index in [1.165, 1.54) is 0 Å². The molecular weight excluding hydrogens is 318 g/mol. The van der Waals surface area contributed by atoms with Crippen LogP contribution in [-0.2, 0) is 14.4 Å². The van der Waals surface area contributed by atoms with Crippen molar-refractivity contribution in [3.8, 4) is 0 Å². The number of likely N-dealkylation sites (tertiary alicyclic amines) is 1. The second-order valence-electron chi connectivity index (χ2n) is 6.69. The normalized spacial score (nSPS) is 22.2. The van der Waals surface area contributed by atoms with Crippen LogP contribution in [0.15, 0.2) is 30.3 Å². The molecule has 0 radical (unpaired) electrons. The molecule has 1 N–H and O–H groups in total. The van der Waals surface area contributed by atoms with Crippen LogP contribution < -0.4 is 5.32 Å². The summed E-state index contributed by atoms with van der Waals surface area (Å²) < 4.78 is 0. The molecule has 0 saturated carbocycles. The highest BCUT2D eigenvalue weighted by Crippen LogP contribution is 2.26. The van der Waals surface area contributed by atoms with Crippen LogP contribution in [0, 0.1) is 0 Å². The SMILES string of the molecule is O=C1C[C@@H](c2ccccc2)N(C(=O)CN2CCCCCC2=O)CCN1. The number of hydrogen-bond acceptors (Lipinski definition) is 3. The van der Waals surface area contributed by atoms with Gasteiger partial charge in [-0.3, -0.25) is 14.4 Å². The van der Waals surface area contributed by atoms with Crippen LogP contribution in [0.3, 0.4) is 0 Å². The predicted octanol–water partition coefficient (Wildman–Crippen LogP) is 1.48. The van der Waals surface area contributed by atoms with Gasteiger partial charge < -0.3 is 15.1 Å². The summed E-state index contributed by atoms with van der Waals surface area (Å²) in [4.78, 5) is 40.6. The Morgan fingerprint density at radius 3 is 2.68 bits per heavy atom. The van der Waals surface area contributed by atoms with Gasteiger partial charge in [-0.1, -0.05) is 36.8 Å². The van der Waals surface area contributed by atoms with Crippen molar-refractivity contribution < 1.29 is 14.4 Å². The summed E-state index contributed by atoms with van der Waals surface area (Å²) in [5.74, 6) is -0.0678. The quantitative estimate of drug-likeness (QED) is 0.904. The number of nitrogens with one attached hydrogen (secondary N) is 1. The molecule has 0 bridgehead atoms. The molecule has 1 atom stereocenters. The van der Waals surface area contributed by atoms with Crippen LogP contribution in [0.25, 0.3) is 0 Å².